The van der Waals surface area contributed by atoms with Crippen molar-refractivity contribution < 1.29 is 9.00 Å². The van der Waals surface area contributed by atoms with Gasteiger partial charge in [0.25, 0.3) is 5.91 Å². The third kappa shape index (κ3) is 4.23. The molecule has 0 aliphatic heterocycles. The van der Waals surface area contributed by atoms with Gasteiger partial charge >= 0.3 is 0 Å². The Hall–Kier alpha value is -3.24. The summed E-state index contributed by atoms with van der Waals surface area (Å²) >= 11 is 0. The van der Waals surface area contributed by atoms with Gasteiger partial charge in [0.2, 0.25) is 0 Å². The number of nitrogens with zero attached hydrogens (tertiary/aromatic N) is 3. The van der Waals surface area contributed by atoms with Crippen molar-refractivity contribution in [3.63, 3.8) is 0 Å². The lowest BCUT2D eigenvalue weighted by Gasteiger charge is -2.03. The topological polar surface area (TPSA) is 88.1 Å². The lowest BCUT2D eigenvalue weighted by atomic mass is 10.2. The Balaban J connectivity index is 1.88. The van der Waals surface area contributed by atoms with Crippen molar-refractivity contribution >= 4 is 15.6 Å². The molecule has 0 bridgehead atoms. The highest BCUT2D eigenvalue weighted by atomic mass is 32.2. The predicted octanol–water partition coefficient (Wildman–Crippen LogP) is 2.81. The van der Waals surface area contributed by atoms with Crippen molar-refractivity contribution in [2.24, 2.45) is 4.36 Å². The van der Waals surface area contributed by atoms with Gasteiger partial charge in [0, 0.05) is 29.1 Å². The van der Waals surface area contributed by atoms with Crippen LogP contribution in [-0.2, 0) is 9.73 Å². The fraction of sp³-hybridized carbons (Fsp3) is 0.105. The molecule has 0 aliphatic carbocycles. The van der Waals surface area contributed by atoms with E-state index in [0.717, 1.165) is 5.82 Å². The maximum atomic E-state index is 12.7. The zero-order valence-electron chi connectivity index (χ0n) is 14.3. The van der Waals surface area contributed by atoms with Crippen LogP contribution in [0, 0.1) is 18.8 Å². The smallest absolute Gasteiger partial charge is 0.286 e. The van der Waals surface area contributed by atoms with E-state index in [9.17, 15) is 9.00 Å². The zero-order chi connectivity index (χ0) is 18.6. The van der Waals surface area contributed by atoms with E-state index in [4.69, 9.17) is 0 Å². The molecular weight excluding hydrogens is 348 g/mol. The first-order valence-corrected chi connectivity index (χ1v) is 9.66. The normalized spacial score (nSPS) is 12.5. The molecule has 7 heteroatoms. The quantitative estimate of drug-likeness (QED) is 0.708. The molecule has 0 radical (unpaired) electrons. The zero-order valence-corrected chi connectivity index (χ0v) is 15.1. The summed E-state index contributed by atoms with van der Waals surface area (Å²) in [5.41, 5.74) is 1.47. The maximum absolute atomic E-state index is 12.7. The lowest BCUT2D eigenvalue weighted by Crippen LogP contribution is -2.04. The Bertz CT molecular complexity index is 1130. The lowest BCUT2D eigenvalue weighted by molar-refractivity contribution is 0.100. The molecule has 26 heavy (non-hydrogen) atoms. The second-order valence-corrected chi connectivity index (χ2v) is 7.87. The molecule has 0 aliphatic rings. The van der Waals surface area contributed by atoms with Gasteiger partial charge in [-0.2, -0.15) is 4.36 Å². The minimum atomic E-state index is -2.82. The standard InChI is InChI=1S/C19H16N4O2S/c1-14-21-13-17(22-14)9-8-15-10-16(12-20-11-15)19(24)23-26(2,25)18-6-4-3-5-7-18/h3-7,10-13H,1-2H3,(H,21,22). The van der Waals surface area contributed by atoms with Crippen molar-refractivity contribution in [3.8, 4) is 11.8 Å². The summed E-state index contributed by atoms with van der Waals surface area (Å²) < 4.78 is 16.6. The molecule has 2 heterocycles. The van der Waals surface area contributed by atoms with Crippen molar-refractivity contribution in [1.82, 2.24) is 15.0 Å². The van der Waals surface area contributed by atoms with Crippen LogP contribution >= 0.6 is 0 Å². The Kier molecular flexibility index (Phi) is 4.96. The molecule has 0 saturated heterocycles. The number of rotatable bonds is 2. The van der Waals surface area contributed by atoms with Crippen molar-refractivity contribution in [2.75, 3.05) is 6.26 Å². The van der Waals surface area contributed by atoms with E-state index in [2.05, 4.69) is 31.2 Å². The van der Waals surface area contributed by atoms with E-state index in [1.165, 1.54) is 12.5 Å². The molecule has 1 N–H and O–H groups in total. The van der Waals surface area contributed by atoms with E-state index < -0.39 is 15.6 Å². The highest BCUT2D eigenvalue weighted by Gasteiger charge is 2.11. The number of carbonyl (C=O) groups is 1. The fourth-order valence-electron chi connectivity index (χ4n) is 2.19. The van der Waals surface area contributed by atoms with Gasteiger partial charge in [0.15, 0.2) is 0 Å². The number of aryl methyl sites for hydroxylation is 1. The second-order valence-electron chi connectivity index (χ2n) is 5.61. The average Bonchev–Trinajstić information content (AvgIpc) is 3.06. The van der Waals surface area contributed by atoms with E-state index in [1.54, 1.807) is 42.7 Å². The summed E-state index contributed by atoms with van der Waals surface area (Å²) in [6.07, 6.45) is 6.01. The largest absolute Gasteiger partial charge is 0.336 e. The van der Waals surface area contributed by atoms with Gasteiger partial charge in [-0.3, -0.25) is 9.78 Å². The van der Waals surface area contributed by atoms with Gasteiger partial charge in [-0.05, 0) is 31.0 Å². The first-order chi connectivity index (χ1) is 12.4. The van der Waals surface area contributed by atoms with Crippen molar-refractivity contribution in [3.05, 3.63) is 77.6 Å². The summed E-state index contributed by atoms with van der Waals surface area (Å²) in [5, 5.41) is 0. The van der Waals surface area contributed by atoms with Gasteiger partial charge in [0.1, 0.15) is 11.5 Å². The Labute approximate surface area is 151 Å². The number of carbonyl (C=O) groups excluding carboxylic acids is 1. The van der Waals surface area contributed by atoms with Crippen LogP contribution in [0.2, 0.25) is 0 Å². The SMILES string of the molecule is Cc1ncc(C#Cc2cncc(C(=O)N=S(C)(=O)c3ccccc3)c2)[nH]1. The van der Waals surface area contributed by atoms with Crippen LogP contribution in [0.1, 0.15) is 27.4 Å². The molecule has 0 saturated carbocycles. The van der Waals surface area contributed by atoms with Crippen LogP contribution in [-0.4, -0.2) is 31.3 Å². The van der Waals surface area contributed by atoms with Gasteiger partial charge in [-0.1, -0.05) is 24.1 Å². The van der Waals surface area contributed by atoms with E-state index in [1.807, 2.05) is 13.0 Å². The van der Waals surface area contributed by atoms with Crippen LogP contribution in [0.5, 0.6) is 0 Å². The maximum Gasteiger partial charge on any atom is 0.286 e. The molecule has 1 aromatic carbocycles. The van der Waals surface area contributed by atoms with Gasteiger partial charge in [-0.15, -0.1) is 0 Å². The van der Waals surface area contributed by atoms with Crippen LogP contribution < -0.4 is 0 Å². The minimum absolute atomic E-state index is 0.239. The van der Waals surface area contributed by atoms with E-state index >= 15 is 0 Å². The van der Waals surface area contributed by atoms with Gasteiger partial charge in [-0.25, -0.2) is 9.19 Å². The Morgan fingerprint density at radius 1 is 1.15 bits per heavy atom. The molecule has 2 aromatic heterocycles. The van der Waals surface area contributed by atoms with Crippen LogP contribution in [0.15, 0.2) is 64.2 Å². The third-order valence-corrected chi connectivity index (χ3v) is 5.13. The summed E-state index contributed by atoms with van der Waals surface area (Å²) in [7, 11) is -2.82. The number of nitrogens with one attached hydrogen (secondary N) is 1. The molecule has 0 spiro atoms. The summed E-state index contributed by atoms with van der Waals surface area (Å²) in [4.78, 5) is 24.0. The van der Waals surface area contributed by atoms with Crippen molar-refractivity contribution in [1.29, 1.82) is 0 Å². The predicted molar refractivity (Wildman–Crippen MR) is 99.1 cm³/mol. The van der Waals surface area contributed by atoms with Crippen LogP contribution in [0.25, 0.3) is 0 Å². The van der Waals surface area contributed by atoms with E-state index in [-0.39, 0.29) is 5.56 Å². The van der Waals surface area contributed by atoms with Crippen LogP contribution in [0.3, 0.4) is 0 Å². The Morgan fingerprint density at radius 3 is 2.62 bits per heavy atom. The first-order valence-electron chi connectivity index (χ1n) is 7.74. The number of aromatic nitrogens is 3. The fourth-order valence-corrected chi connectivity index (χ4v) is 3.38. The number of hydrogen-bond acceptors (Lipinski definition) is 4. The molecule has 3 rings (SSSR count). The monoisotopic (exact) mass is 364 g/mol. The number of pyridine rings is 1. The third-order valence-electron chi connectivity index (χ3n) is 3.47. The molecule has 0 fully saturated rings. The number of hydrogen-bond donors (Lipinski definition) is 1. The van der Waals surface area contributed by atoms with Crippen LogP contribution in [0.4, 0.5) is 0 Å². The summed E-state index contributed by atoms with van der Waals surface area (Å²) in [6, 6.07) is 10.3. The number of benzene rings is 1. The second kappa shape index (κ2) is 7.33. The van der Waals surface area contributed by atoms with Crippen molar-refractivity contribution in [2.45, 2.75) is 11.8 Å². The number of amides is 1. The highest BCUT2D eigenvalue weighted by Crippen LogP contribution is 2.13. The van der Waals surface area contributed by atoms with E-state index in [0.29, 0.717) is 16.2 Å². The molecule has 1 amide bonds. The summed E-state index contributed by atoms with van der Waals surface area (Å²) in [5.74, 6) is 6.01. The molecular formula is C19H16N4O2S. The van der Waals surface area contributed by atoms with Gasteiger partial charge < -0.3 is 4.98 Å². The minimum Gasteiger partial charge on any atom is -0.336 e. The highest BCUT2D eigenvalue weighted by molar-refractivity contribution is 7.93. The molecule has 1 unspecified atom stereocenters. The Morgan fingerprint density at radius 2 is 1.92 bits per heavy atom. The molecule has 6 nitrogen and oxygen atoms in total. The number of aromatic amines is 1. The number of H-pyrrole nitrogens is 1. The average molecular weight is 364 g/mol. The molecule has 130 valence electrons. The van der Waals surface area contributed by atoms with Gasteiger partial charge in [0.05, 0.1) is 21.5 Å². The molecule has 1 atom stereocenters. The first kappa shape index (κ1) is 17.6. The molecule has 3 aromatic rings. The summed E-state index contributed by atoms with van der Waals surface area (Å²) in [6.45, 7) is 1.84. The number of imidazole rings is 1.